The third-order valence-corrected chi connectivity index (χ3v) is 14.9. The largest absolute Gasteiger partial charge is 0.647 e. The van der Waals surface area contributed by atoms with Crippen molar-refractivity contribution in [3.63, 3.8) is 0 Å². The van der Waals surface area contributed by atoms with Gasteiger partial charge in [0.1, 0.15) is 34.5 Å². The molecule has 3 aliphatic rings. The molecule has 8 nitrogen and oxygen atoms in total. The second-order valence-electron chi connectivity index (χ2n) is 18.0. The molecular weight excluding hydrogens is 803 g/mol. The lowest BCUT2D eigenvalue weighted by molar-refractivity contribution is 0.127. The van der Waals surface area contributed by atoms with Crippen LogP contribution in [0.1, 0.15) is 95.7 Å². The number of para-hydroxylation sites is 4. The van der Waals surface area contributed by atoms with E-state index in [0.717, 1.165) is 74.9 Å². The smallest absolute Gasteiger partial charge is 0.386 e. The number of benzene rings is 6. The van der Waals surface area contributed by atoms with Crippen LogP contribution in [0.5, 0.6) is 34.5 Å². The standard InChI is InChI=1S/C51H52O8P2/c1-33-30-50(6,7)32-51(31-33,42-20-24-44(25-21-42)54-60(52)56-46-34(2)12-8-16-38(46)28-39-17-9-13-35(3)47(39)57-60)43-22-26-45(27-23-43)55-61(53)58-48-36(4)14-10-18-40(48)29-41-19-11-15-37(5)49(41)59-61/h8-27,33H,28-32H2,1-7H3. The van der Waals surface area contributed by atoms with E-state index in [1.165, 1.54) is 0 Å². The lowest BCUT2D eigenvalue weighted by Gasteiger charge is -2.48. The lowest BCUT2D eigenvalue weighted by atomic mass is 9.55. The zero-order valence-electron chi connectivity index (χ0n) is 35.8. The summed E-state index contributed by atoms with van der Waals surface area (Å²) in [5.41, 5.74) is 8.92. The van der Waals surface area contributed by atoms with E-state index in [-0.39, 0.29) is 10.8 Å². The molecule has 0 amide bonds. The molecular formula is C51H52O8P2. The van der Waals surface area contributed by atoms with E-state index in [2.05, 4.69) is 45.0 Å². The molecule has 0 N–H and O–H groups in total. The average molecular weight is 855 g/mol. The highest BCUT2D eigenvalue weighted by molar-refractivity contribution is 7.50. The van der Waals surface area contributed by atoms with Crippen LogP contribution in [-0.4, -0.2) is 0 Å². The molecule has 6 aromatic rings. The Morgan fingerprint density at radius 1 is 0.492 bits per heavy atom. The molecule has 0 radical (unpaired) electrons. The Morgan fingerprint density at radius 2 is 0.820 bits per heavy atom. The summed E-state index contributed by atoms with van der Waals surface area (Å²) < 4.78 is 66.8. The van der Waals surface area contributed by atoms with E-state index in [0.29, 0.717) is 53.3 Å². The zero-order valence-corrected chi connectivity index (χ0v) is 37.6. The van der Waals surface area contributed by atoms with E-state index in [9.17, 15) is 9.13 Å². The average Bonchev–Trinajstić information content (AvgIpc) is 3.19. The van der Waals surface area contributed by atoms with Gasteiger partial charge in [0.2, 0.25) is 0 Å². The second kappa shape index (κ2) is 15.5. The maximum atomic E-state index is 14.7. The molecule has 1 unspecified atom stereocenters. The fourth-order valence-corrected chi connectivity index (χ4v) is 12.9. The van der Waals surface area contributed by atoms with Crippen molar-refractivity contribution >= 4 is 15.6 Å². The van der Waals surface area contributed by atoms with Crippen molar-refractivity contribution in [2.75, 3.05) is 0 Å². The number of phosphoric ester groups is 2. The molecule has 2 aliphatic heterocycles. The summed E-state index contributed by atoms with van der Waals surface area (Å²) in [6, 6.07) is 39.3. The van der Waals surface area contributed by atoms with Crippen LogP contribution in [-0.2, 0) is 27.4 Å². The molecule has 0 bridgehead atoms. The van der Waals surface area contributed by atoms with Crippen LogP contribution in [0.4, 0.5) is 0 Å². The van der Waals surface area contributed by atoms with Crippen molar-refractivity contribution < 1.29 is 36.3 Å². The number of phosphoric acid groups is 2. The molecule has 1 fully saturated rings. The van der Waals surface area contributed by atoms with Gasteiger partial charge in [-0.15, -0.1) is 0 Å². The van der Waals surface area contributed by atoms with Crippen molar-refractivity contribution in [3.05, 3.63) is 177 Å². The maximum absolute atomic E-state index is 14.7. The van der Waals surface area contributed by atoms with E-state index in [1.807, 2.05) is 125 Å². The van der Waals surface area contributed by atoms with Gasteiger partial charge in [0, 0.05) is 18.3 Å². The molecule has 1 atom stereocenters. The molecule has 314 valence electrons. The van der Waals surface area contributed by atoms with Crippen LogP contribution in [0.25, 0.3) is 0 Å². The Bertz CT molecular complexity index is 2450. The Labute approximate surface area is 359 Å². The van der Waals surface area contributed by atoms with Gasteiger partial charge in [0.05, 0.1) is 0 Å². The predicted octanol–water partition coefficient (Wildman–Crippen LogP) is 14.2. The minimum Gasteiger partial charge on any atom is -0.386 e. The second-order valence-corrected chi connectivity index (χ2v) is 20.9. The van der Waals surface area contributed by atoms with Crippen LogP contribution >= 0.6 is 15.6 Å². The zero-order chi connectivity index (χ0) is 42.7. The van der Waals surface area contributed by atoms with Gasteiger partial charge in [0.15, 0.2) is 0 Å². The monoisotopic (exact) mass is 854 g/mol. The van der Waals surface area contributed by atoms with Crippen LogP contribution in [0.15, 0.2) is 121 Å². The number of rotatable bonds is 6. The summed E-state index contributed by atoms with van der Waals surface area (Å²) in [4.78, 5) is 0. The van der Waals surface area contributed by atoms with Gasteiger partial charge in [-0.2, -0.15) is 9.13 Å². The van der Waals surface area contributed by atoms with Crippen LogP contribution in [0.3, 0.4) is 0 Å². The van der Waals surface area contributed by atoms with E-state index >= 15 is 0 Å². The van der Waals surface area contributed by atoms with Gasteiger partial charge in [0.25, 0.3) is 0 Å². The first-order valence-electron chi connectivity index (χ1n) is 21.0. The van der Waals surface area contributed by atoms with E-state index in [4.69, 9.17) is 27.1 Å². The van der Waals surface area contributed by atoms with Gasteiger partial charge < -0.3 is 27.1 Å². The van der Waals surface area contributed by atoms with Crippen molar-refractivity contribution in [2.24, 2.45) is 11.3 Å². The predicted molar refractivity (Wildman–Crippen MR) is 240 cm³/mol. The molecule has 0 spiro atoms. The highest BCUT2D eigenvalue weighted by Crippen LogP contribution is 2.58. The van der Waals surface area contributed by atoms with Gasteiger partial charge in [-0.25, -0.2) is 0 Å². The van der Waals surface area contributed by atoms with Crippen molar-refractivity contribution in [1.82, 2.24) is 0 Å². The Hall–Kier alpha value is -5.42. The first-order valence-corrected chi connectivity index (χ1v) is 23.9. The minimum absolute atomic E-state index is 0.0330. The molecule has 1 aliphatic carbocycles. The van der Waals surface area contributed by atoms with Crippen LogP contribution < -0.4 is 27.1 Å². The number of hydrogen-bond donors (Lipinski definition) is 0. The van der Waals surface area contributed by atoms with Gasteiger partial charge in [-0.3, -0.25) is 0 Å². The van der Waals surface area contributed by atoms with Crippen molar-refractivity contribution in [1.29, 1.82) is 0 Å². The van der Waals surface area contributed by atoms with E-state index in [1.54, 1.807) is 0 Å². The fraction of sp³-hybridized carbons (Fsp3) is 0.294. The van der Waals surface area contributed by atoms with Gasteiger partial charge >= 0.3 is 15.6 Å². The summed E-state index contributed by atoms with van der Waals surface area (Å²) in [6.07, 6.45) is 4.05. The molecule has 2 heterocycles. The number of fused-ring (bicyclic) bond motifs is 4. The SMILES string of the molecule is Cc1cccc2c1OP(=O)(Oc1ccc(C3(c4ccc(OP5(=O)Oc6c(C)cccc6Cc6cccc(C)c6O5)cc4)CC(C)CC(C)(C)C3)cc1)Oc1c(C)cccc1C2. The third kappa shape index (κ3) is 8.09. The molecule has 0 saturated heterocycles. The fourth-order valence-electron chi connectivity index (χ4n) is 10.0. The topological polar surface area (TPSA) is 89.5 Å². The van der Waals surface area contributed by atoms with Crippen molar-refractivity contribution in [3.8, 4) is 34.5 Å². The molecule has 1 saturated carbocycles. The first kappa shape index (κ1) is 41.0. The lowest BCUT2D eigenvalue weighted by Crippen LogP contribution is -2.41. The molecule has 9 rings (SSSR count). The summed E-state index contributed by atoms with van der Waals surface area (Å²) in [6.45, 7) is 14.7. The summed E-state index contributed by atoms with van der Waals surface area (Å²) in [5.74, 6) is 3.21. The molecule has 10 heteroatoms. The number of aryl methyl sites for hydroxylation is 4. The summed E-state index contributed by atoms with van der Waals surface area (Å²) >= 11 is 0. The van der Waals surface area contributed by atoms with Gasteiger partial charge in [-0.05, 0) is 138 Å². The Morgan fingerprint density at radius 3 is 1.13 bits per heavy atom. The highest BCUT2D eigenvalue weighted by Gasteiger charge is 2.46. The quantitative estimate of drug-likeness (QED) is 0.153. The third-order valence-electron chi connectivity index (χ3n) is 12.4. The summed E-state index contributed by atoms with van der Waals surface area (Å²) in [7, 11) is -8.42. The normalized spacial score (nSPS) is 19.1. The Kier molecular flexibility index (Phi) is 10.4. The molecule has 0 aromatic heterocycles. The Balaban J connectivity index is 1.03. The minimum atomic E-state index is -4.21. The maximum Gasteiger partial charge on any atom is 0.647 e. The summed E-state index contributed by atoms with van der Waals surface area (Å²) in [5, 5.41) is 0. The molecule has 61 heavy (non-hydrogen) atoms. The first-order chi connectivity index (χ1) is 29.1. The van der Waals surface area contributed by atoms with Gasteiger partial charge in [-0.1, -0.05) is 118 Å². The van der Waals surface area contributed by atoms with Crippen LogP contribution in [0.2, 0.25) is 0 Å². The van der Waals surface area contributed by atoms with Crippen LogP contribution in [0, 0.1) is 39.0 Å². The van der Waals surface area contributed by atoms with Crippen molar-refractivity contribution in [2.45, 2.75) is 86.0 Å². The number of hydrogen-bond acceptors (Lipinski definition) is 8. The van der Waals surface area contributed by atoms with E-state index < -0.39 is 15.6 Å². The highest BCUT2D eigenvalue weighted by atomic mass is 31.2. The molecule has 6 aromatic carbocycles.